The van der Waals surface area contributed by atoms with Crippen molar-refractivity contribution in [2.75, 3.05) is 13.1 Å². The molecule has 104 valence electrons. The number of benzene rings is 1. The third kappa shape index (κ3) is 3.72. The van der Waals surface area contributed by atoms with Gasteiger partial charge in [0.1, 0.15) is 0 Å². The number of hydrogen-bond acceptors (Lipinski definition) is 2. The maximum atomic E-state index is 6.32. The monoisotopic (exact) mass is 342 g/mol. The Balaban J connectivity index is 1.68. The maximum Gasteiger partial charge on any atom is 0.0451 e. The standard InChI is InChI=1S/C15H20BrClN2/c16-12-3-6-15(17)11(8-12)9-19(14-4-5-14)10-13-2-1-7-18-13/h3,6,8,13-14,18H,1-2,4-5,7,9-10H2. The number of halogens is 2. The Bertz CT molecular complexity index is 442. The van der Waals surface area contributed by atoms with Crippen molar-refractivity contribution in [3.8, 4) is 0 Å². The molecule has 1 saturated carbocycles. The van der Waals surface area contributed by atoms with E-state index in [1.807, 2.05) is 12.1 Å². The van der Waals surface area contributed by atoms with E-state index in [9.17, 15) is 0 Å². The van der Waals surface area contributed by atoms with Crippen molar-refractivity contribution in [2.45, 2.75) is 44.3 Å². The highest BCUT2D eigenvalue weighted by Gasteiger charge is 2.31. The van der Waals surface area contributed by atoms with Crippen LogP contribution in [0.4, 0.5) is 0 Å². The third-order valence-electron chi connectivity index (χ3n) is 4.06. The smallest absolute Gasteiger partial charge is 0.0451 e. The molecule has 1 aliphatic carbocycles. The molecule has 19 heavy (non-hydrogen) atoms. The molecule has 3 rings (SSSR count). The highest BCUT2D eigenvalue weighted by atomic mass is 79.9. The van der Waals surface area contributed by atoms with Gasteiger partial charge >= 0.3 is 0 Å². The van der Waals surface area contributed by atoms with Crippen LogP contribution in [0.25, 0.3) is 0 Å². The lowest BCUT2D eigenvalue weighted by Crippen LogP contribution is -2.38. The molecule has 1 N–H and O–H groups in total. The van der Waals surface area contributed by atoms with Crippen molar-refractivity contribution in [1.82, 2.24) is 10.2 Å². The Morgan fingerprint density at radius 3 is 2.84 bits per heavy atom. The van der Waals surface area contributed by atoms with Crippen molar-refractivity contribution in [1.29, 1.82) is 0 Å². The topological polar surface area (TPSA) is 15.3 Å². The van der Waals surface area contributed by atoms with Gasteiger partial charge in [0.15, 0.2) is 0 Å². The molecule has 4 heteroatoms. The van der Waals surface area contributed by atoms with Gasteiger partial charge in [-0.2, -0.15) is 0 Å². The zero-order chi connectivity index (χ0) is 13.2. The minimum Gasteiger partial charge on any atom is -0.313 e. The van der Waals surface area contributed by atoms with Crippen molar-refractivity contribution >= 4 is 27.5 Å². The van der Waals surface area contributed by atoms with Gasteiger partial charge in [0.25, 0.3) is 0 Å². The van der Waals surface area contributed by atoms with Crippen LogP contribution in [-0.2, 0) is 6.54 Å². The fraction of sp³-hybridized carbons (Fsp3) is 0.600. The summed E-state index contributed by atoms with van der Waals surface area (Å²) in [5.41, 5.74) is 1.24. The molecule has 2 fully saturated rings. The van der Waals surface area contributed by atoms with Gasteiger partial charge in [-0.05, 0) is 56.0 Å². The van der Waals surface area contributed by atoms with Crippen LogP contribution in [-0.4, -0.2) is 30.1 Å². The SMILES string of the molecule is Clc1ccc(Br)cc1CN(CC1CCCN1)C1CC1. The van der Waals surface area contributed by atoms with Crippen molar-refractivity contribution in [3.05, 3.63) is 33.3 Å². The molecule has 1 aliphatic heterocycles. The van der Waals surface area contributed by atoms with Gasteiger partial charge in [0, 0.05) is 34.7 Å². The molecule has 2 nitrogen and oxygen atoms in total. The summed E-state index contributed by atoms with van der Waals surface area (Å²) < 4.78 is 1.11. The molecule has 0 spiro atoms. The van der Waals surface area contributed by atoms with Gasteiger partial charge in [-0.3, -0.25) is 4.90 Å². The Kier molecular flexibility index (Phi) is 4.47. The Hall–Kier alpha value is -0.0900. The first kappa shape index (κ1) is 13.9. The first-order chi connectivity index (χ1) is 9.22. The van der Waals surface area contributed by atoms with Gasteiger partial charge in [-0.25, -0.2) is 0 Å². The normalized spacial score (nSPS) is 23.2. The Morgan fingerprint density at radius 2 is 2.16 bits per heavy atom. The minimum atomic E-state index is 0.673. The summed E-state index contributed by atoms with van der Waals surface area (Å²) in [5.74, 6) is 0. The predicted octanol–water partition coefficient (Wildman–Crippen LogP) is 3.82. The molecule has 1 unspecified atom stereocenters. The second-order valence-corrected chi connectivity index (χ2v) is 7.01. The average Bonchev–Trinajstić information content (AvgIpc) is 3.12. The third-order valence-corrected chi connectivity index (χ3v) is 4.92. The zero-order valence-corrected chi connectivity index (χ0v) is 13.4. The van der Waals surface area contributed by atoms with E-state index in [4.69, 9.17) is 11.6 Å². The van der Waals surface area contributed by atoms with E-state index >= 15 is 0 Å². The molecule has 0 radical (unpaired) electrons. The quantitative estimate of drug-likeness (QED) is 0.874. The molecular formula is C15H20BrClN2. The van der Waals surface area contributed by atoms with E-state index in [0.717, 1.165) is 28.6 Å². The van der Waals surface area contributed by atoms with E-state index < -0.39 is 0 Å². The largest absolute Gasteiger partial charge is 0.313 e. The van der Waals surface area contributed by atoms with Gasteiger partial charge in [0.05, 0.1) is 0 Å². The van der Waals surface area contributed by atoms with Crippen molar-refractivity contribution < 1.29 is 0 Å². The van der Waals surface area contributed by atoms with Gasteiger partial charge in [-0.1, -0.05) is 27.5 Å². The Labute approximate surface area is 128 Å². The summed E-state index contributed by atoms with van der Waals surface area (Å²) in [6.07, 6.45) is 5.33. The first-order valence-corrected chi connectivity index (χ1v) is 8.31. The van der Waals surface area contributed by atoms with E-state index in [0.29, 0.717) is 6.04 Å². The zero-order valence-electron chi connectivity index (χ0n) is 11.0. The summed E-state index contributed by atoms with van der Waals surface area (Å²) in [5, 5.41) is 4.48. The molecule has 1 heterocycles. The summed E-state index contributed by atoms with van der Waals surface area (Å²) >= 11 is 9.86. The minimum absolute atomic E-state index is 0.673. The van der Waals surface area contributed by atoms with Gasteiger partial charge < -0.3 is 5.32 Å². The molecule has 1 saturated heterocycles. The lowest BCUT2D eigenvalue weighted by atomic mass is 10.1. The fourth-order valence-electron chi connectivity index (χ4n) is 2.86. The highest BCUT2D eigenvalue weighted by Crippen LogP contribution is 2.31. The van der Waals surface area contributed by atoms with Crippen LogP contribution in [0.5, 0.6) is 0 Å². The summed E-state index contributed by atoms with van der Waals surface area (Å²) in [6.45, 7) is 3.31. The van der Waals surface area contributed by atoms with E-state index in [-0.39, 0.29) is 0 Å². The lowest BCUT2D eigenvalue weighted by Gasteiger charge is -2.26. The molecule has 1 aromatic carbocycles. The van der Waals surface area contributed by atoms with Gasteiger partial charge in [0.2, 0.25) is 0 Å². The number of rotatable bonds is 5. The first-order valence-electron chi connectivity index (χ1n) is 7.14. The highest BCUT2D eigenvalue weighted by molar-refractivity contribution is 9.10. The number of hydrogen-bond donors (Lipinski definition) is 1. The van der Waals surface area contributed by atoms with Crippen LogP contribution in [0.15, 0.2) is 22.7 Å². The number of nitrogens with zero attached hydrogens (tertiary/aromatic N) is 1. The molecule has 2 aliphatic rings. The maximum absolute atomic E-state index is 6.32. The molecule has 0 bridgehead atoms. The van der Waals surface area contributed by atoms with Crippen molar-refractivity contribution in [2.24, 2.45) is 0 Å². The lowest BCUT2D eigenvalue weighted by molar-refractivity contribution is 0.231. The van der Waals surface area contributed by atoms with Crippen LogP contribution >= 0.6 is 27.5 Å². The molecule has 0 aromatic heterocycles. The second-order valence-electron chi connectivity index (χ2n) is 5.69. The van der Waals surface area contributed by atoms with Crippen molar-refractivity contribution in [3.63, 3.8) is 0 Å². The fourth-order valence-corrected chi connectivity index (χ4v) is 3.45. The second kappa shape index (κ2) is 6.13. The van der Waals surface area contributed by atoms with Crippen LogP contribution in [0.3, 0.4) is 0 Å². The summed E-state index contributed by atoms with van der Waals surface area (Å²) in [4.78, 5) is 2.61. The van der Waals surface area contributed by atoms with Crippen LogP contribution < -0.4 is 5.32 Å². The molecule has 1 atom stereocenters. The summed E-state index contributed by atoms with van der Waals surface area (Å²) in [7, 11) is 0. The summed E-state index contributed by atoms with van der Waals surface area (Å²) in [6, 6.07) is 7.59. The number of nitrogens with one attached hydrogen (secondary N) is 1. The van der Waals surface area contributed by atoms with E-state index in [1.165, 1.54) is 37.8 Å². The van der Waals surface area contributed by atoms with Crippen LogP contribution in [0.1, 0.15) is 31.2 Å². The predicted molar refractivity (Wildman–Crippen MR) is 83.6 cm³/mol. The van der Waals surface area contributed by atoms with Gasteiger partial charge in [-0.15, -0.1) is 0 Å². The Morgan fingerprint density at radius 1 is 1.32 bits per heavy atom. The van der Waals surface area contributed by atoms with Crippen LogP contribution in [0.2, 0.25) is 5.02 Å². The van der Waals surface area contributed by atoms with Crippen LogP contribution in [0, 0.1) is 0 Å². The van der Waals surface area contributed by atoms with E-state index in [1.54, 1.807) is 0 Å². The molecule has 0 amide bonds. The molecule has 1 aromatic rings. The molecular weight excluding hydrogens is 324 g/mol. The average molecular weight is 344 g/mol. The van der Waals surface area contributed by atoms with E-state index in [2.05, 4.69) is 32.2 Å².